The Kier molecular flexibility index (Phi) is 5.76. The first kappa shape index (κ1) is 20.6. The van der Waals surface area contributed by atoms with Gasteiger partial charge in [-0.3, -0.25) is 9.35 Å². The number of nitrogens with one attached hydrogen (secondary N) is 1. The fraction of sp³-hybridized carbons (Fsp3) is 0.105. The third-order valence-electron chi connectivity index (χ3n) is 3.71. The normalized spacial score (nSPS) is 12.9. The number of benzene rings is 2. The number of nitrogens with zero attached hydrogens (tertiary/aromatic N) is 2. The maximum atomic E-state index is 14.3. The highest BCUT2D eigenvalue weighted by Gasteiger charge is 2.15. The molecular formula is C19H17F3N4O2S. The summed E-state index contributed by atoms with van der Waals surface area (Å²) in [5.41, 5.74) is 0.633. The summed E-state index contributed by atoms with van der Waals surface area (Å²) in [7, 11) is -1.41. The van der Waals surface area contributed by atoms with Gasteiger partial charge in [0.15, 0.2) is 5.82 Å². The molecule has 3 aromatic rings. The van der Waals surface area contributed by atoms with E-state index in [1.165, 1.54) is 36.9 Å². The molecule has 1 atom stereocenters. The van der Waals surface area contributed by atoms with E-state index < -0.39 is 27.2 Å². The molecule has 3 rings (SSSR count). The van der Waals surface area contributed by atoms with Crippen molar-refractivity contribution in [3.05, 3.63) is 65.6 Å². The van der Waals surface area contributed by atoms with Gasteiger partial charge in [-0.2, -0.15) is 0 Å². The Balaban J connectivity index is 2.01. The number of methoxy groups -OCH3 is 1. The van der Waals surface area contributed by atoms with Gasteiger partial charge in [-0.25, -0.2) is 23.1 Å². The van der Waals surface area contributed by atoms with Crippen molar-refractivity contribution in [2.24, 2.45) is 5.14 Å². The van der Waals surface area contributed by atoms with Gasteiger partial charge in [0.2, 0.25) is 5.95 Å². The summed E-state index contributed by atoms with van der Waals surface area (Å²) < 4.78 is 58.5. The van der Waals surface area contributed by atoms with E-state index >= 15 is 0 Å². The molecule has 2 aromatic carbocycles. The van der Waals surface area contributed by atoms with Crippen LogP contribution in [0.1, 0.15) is 5.56 Å². The van der Waals surface area contributed by atoms with Crippen LogP contribution in [0.25, 0.3) is 11.3 Å². The molecule has 0 saturated carbocycles. The van der Waals surface area contributed by atoms with E-state index in [0.29, 0.717) is 5.56 Å². The minimum Gasteiger partial charge on any atom is -0.496 e. The second-order valence-corrected chi connectivity index (χ2v) is 8.39. The lowest BCUT2D eigenvalue weighted by molar-refractivity contribution is 0.412. The first-order valence-electron chi connectivity index (χ1n) is 8.20. The van der Waals surface area contributed by atoms with Crippen molar-refractivity contribution in [1.82, 2.24) is 9.97 Å². The van der Waals surface area contributed by atoms with Crippen LogP contribution in [0.2, 0.25) is 0 Å². The first-order valence-corrected chi connectivity index (χ1v) is 10.3. The quantitative estimate of drug-likeness (QED) is 0.616. The molecule has 1 heterocycles. The Morgan fingerprint density at radius 2 is 1.90 bits per heavy atom. The lowest BCUT2D eigenvalue weighted by Gasteiger charge is -2.11. The lowest BCUT2D eigenvalue weighted by Crippen LogP contribution is -2.13. The molecule has 0 aliphatic carbocycles. The number of ether oxygens (including phenoxy) is 1. The molecule has 0 fully saturated rings. The Morgan fingerprint density at radius 1 is 1.14 bits per heavy atom. The molecule has 0 aliphatic rings. The minimum absolute atomic E-state index is 0.0330. The van der Waals surface area contributed by atoms with Crippen LogP contribution < -0.4 is 15.2 Å². The third-order valence-corrected chi connectivity index (χ3v) is 4.45. The molecule has 0 radical (unpaired) electrons. The minimum atomic E-state index is -2.74. The van der Waals surface area contributed by atoms with Crippen molar-refractivity contribution in [1.29, 1.82) is 0 Å². The summed E-state index contributed by atoms with van der Waals surface area (Å²) >= 11 is 0. The number of hydrogen-bond acceptors (Lipinski definition) is 5. The maximum absolute atomic E-state index is 14.3. The smallest absolute Gasteiger partial charge is 0.227 e. The number of nitrogens with two attached hydrogens (primary N) is 1. The van der Waals surface area contributed by atoms with Crippen LogP contribution in [0.3, 0.4) is 0 Å². The Labute approximate surface area is 165 Å². The molecule has 6 nitrogen and oxygen atoms in total. The summed E-state index contributed by atoms with van der Waals surface area (Å²) in [6.45, 7) is 0. The standard InChI is InChI=1S/C19H17F3N4O2S/c1-28-17-8-12(20)3-4-15(17)18-16(22)9-24-19(26-18)25-14-6-11(5-13(21)7-14)10-29(2,23)27/h3-10H,1-2H3,(H2,23,27)(H,24,25,26). The zero-order valence-electron chi connectivity index (χ0n) is 15.4. The van der Waals surface area contributed by atoms with E-state index in [-0.39, 0.29) is 28.6 Å². The van der Waals surface area contributed by atoms with Crippen LogP contribution in [0, 0.1) is 17.5 Å². The van der Waals surface area contributed by atoms with Crippen molar-refractivity contribution >= 4 is 26.7 Å². The predicted octanol–water partition coefficient (Wildman–Crippen LogP) is 3.25. The molecule has 0 aliphatic heterocycles. The van der Waals surface area contributed by atoms with Gasteiger partial charge in [0.25, 0.3) is 0 Å². The molecule has 1 unspecified atom stereocenters. The average Bonchev–Trinajstić information content (AvgIpc) is 2.61. The van der Waals surface area contributed by atoms with Gasteiger partial charge in [-0.1, -0.05) is 0 Å². The molecule has 0 spiro atoms. The molecule has 0 bridgehead atoms. The second-order valence-electron chi connectivity index (χ2n) is 6.22. The van der Waals surface area contributed by atoms with E-state index in [2.05, 4.69) is 15.3 Å². The number of anilines is 2. The van der Waals surface area contributed by atoms with Crippen molar-refractivity contribution in [3.8, 4) is 17.0 Å². The highest BCUT2D eigenvalue weighted by molar-refractivity contribution is 7.98. The van der Waals surface area contributed by atoms with E-state index in [1.54, 1.807) is 0 Å². The topological polar surface area (TPSA) is 90.1 Å². The van der Waals surface area contributed by atoms with E-state index in [4.69, 9.17) is 9.88 Å². The van der Waals surface area contributed by atoms with Gasteiger partial charge in [-0.05, 0) is 35.9 Å². The molecule has 3 N–H and O–H groups in total. The Bertz CT molecular complexity index is 1190. The van der Waals surface area contributed by atoms with Crippen molar-refractivity contribution < 1.29 is 22.1 Å². The van der Waals surface area contributed by atoms with Crippen molar-refractivity contribution in [2.45, 2.75) is 0 Å². The third kappa shape index (κ3) is 5.24. The monoisotopic (exact) mass is 422 g/mol. The van der Waals surface area contributed by atoms with Crippen LogP contribution in [0.15, 0.2) is 42.6 Å². The SMILES string of the molecule is COc1cc(F)ccc1-c1nc(Nc2cc(F)cc(C=S(C)(N)=O)c2)ncc1F. The highest BCUT2D eigenvalue weighted by atomic mass is 32.2. The summed E-state index contributed by atoms with van der Waals surface area (Å²) in [5, 5.41) is 9.48. The number of hydrogen-bond donors (Lipinski definition) is 2. The molecular weight excluding hydrogens is 405 g/mol. The first-order chi connectivity index (χ1) is 13.6. The summed E-state index contributed by atoms with van der Waals surface area (Å²) in [6, 6.07) is 7.41. The molecule has 10 heteroatoms. The number of rotatable bonds is 5. The van der Waals surface area contributed by atoms with E-state index in [9.17, 15) is 17.4 Å². The lowest BCUT2D eigenvalue weighted by atomic mass is 10.1. The second kappa shape index (κ2) is 8.10. The van der Waals surface area contributed by atoms with Gasteiger partial charge in [0.1, 0.15) is 23.1 Å². The van der Waals surface area contributed by atoms with Gasteiger partial charge in [0.05, 0.1) is 13.3 Å². The molecule has 152 valence electrons. The zero-order chi connectivity index (χ0) is 21.2. The van der Waals surface area contributed by atoms with Gasteiger partial charge in [0, 0.05) is 38.6 Å². The van der Waals surface area contributed by atoms with Crippen LogP contribution in [0.4, 0.5) is 24.8 Å². The maximum Gasteiger partial charge on any atom is 0.227 e. The number of aromatic nitrogens is 2. The number of halogens is 3. The van der Waals surface area contributed by atoms with Crippen LogP contribution in [0.5, 0.6) is 5.75 Å². The largest absolute Gasteiger partial charge is 0.496 e. The molecule has 0 amide bonds. The highest BCUT2D eigenvalue weighted by Crippen LogP contribution is 2.31. The van der Waals surface area contributed by atoms with Crippen molar-refractivity contribution in [3.63, 3.8) is 0 Å². The fourth-order valence-corrected chi connectivity index (χ4v) is 3.31. The van der Waals surface area contributed by atoms with Crippen LogP contribution >= 0.6 is 0 Å². The fourth-order valence-electron chi connectivity index (χ4n) is 2.63. The average molecular weight is 422 g/mol. The van der Waals surface area contributed by atoms with Gasteiger partial charge < -0.3 is 10.1 Å². The summed E-state index contributed by atoms with van der Waals surface area (Å²) in [6.07, 6.45) is 2.25. The Morgan fingerprint density at radius 3 is 2.59 bits per heavy atom. The van der Waals surface area contributed by atoms with Crippen LogP contribution in [-0.4, -0.2) is 32.9 Å². The van der Waals surface area contributed by atoms with E-state index in [0.717, 1.165) is 24.4 Å². The summed E-state index contributed by atoms with van der Waals surface area (Å²) in [4.78, 5) is 7.94. The predicted molar refractivity (Wildman–Crippen MR) is 107 cm³/mol. The molecule has 29 heavy (non-hydrogen) atoms. The van der Waals surface area contributed by atoms with Gasteiger partial charge in [-0.15, -0.1) is 0 Å². The molecule has 0 saturated heterocycles. The van der Waals surface area contributed by atoms with Gasteiger partial charge >= 0.3 is 0 Å². The van der Waals surface area contributed by atoms with E-state index in [1.807, 2.05) is 0 Å². The Hall–Kier alpha value is -3.11. The zero-order valence-corrected chi connectivity index (χ0v) is 16.3. The molecule has 1 aromatic heterocycles. The summed E-state index contributed by atoms with van der Waals surface area (Å²) in [5.74, 6) is -1.84. The van der Waals surface area contributed by atoms with Crippen molar-refractivity contribution in [2.75, 3.05) is 18.7 Å². The van der Waals surface area contributed by atoms with Crippen LogP contribution in [-0.2, 0) is 9.71 Å².